The third-order valence-electron chi connectivity index (χ3n) is 5.78. The van der Waals surface area contributed by atoms with Gasteiger partial charge in [-0.3, -0.25) is 14.3 Å². The predicted molar refractivity (Wildman–Crippen MR) is 116 cm³/mol. The van der Waals surface area contributed by atoms with Gasteiger partial charge in [-0.2, -0.15) is 0 Å². The molecule has 3 heterocycles. The molecule has 0 saturated heterocycles. The second-order valence-electron chi connectivity index (χ2n) is 7.91. The van der Waals surface area contributed by atoms with Crippen molar-refractivity contribution in [2.24, 2.45) is 0 Å². The molecule has 1 aliphatic carbocycles. The predicted octanol–water partition coefficient (Wildman–Crippen LogP) is 3.97. The number of fused-ring (bicyclic) bond motifs is 3. The summed E-state index contributed by atoms with van der Waals surface area (Å²) in [5, 5.41) is 3.98. The van der Waals surface area contributed by atoms with E-state index in [1.165, 1.54) is 11.3 Å². The van der Waals surface area contributed by atoms with Crippen LogP contribution >= 0.6 is 11.3 Å². The molecule has 1 aliphatic rings. The average molecular weight is 456 g/mol. The zero-order valence-electron chi connectivity index (χ0n) is 16.9. The van der Waals surface area contributed by atoms with Crippen LogP contribution in [0, 0.1) is 17.5 Å². The Labute approximate surface area is 185 Å². The first kappa shape index (κ1) is 20.8. The first-order valence-electron chi connectivity index (χ1n) is 10.2. The van der Waals surface area contributed by atoms with Gasteiger partial charge >= 0.3 is 0 Å². The first-order chi connectivity index (χ1) is 15.5. The van der Waals surface area contributed by atoms with Gasteiger partial charge < -0.3 is 5.32 Å². The number of aromatic nitrogens is 3. The van der Waals surface area contributed by atoms with E-state index in [1.54, 1.807) is 23.3 Å². The number of thiophene rings is 1. The molecule has 0 unspecified atom stereocenters. The summed E-state index contributed by atoms with van der Waals surface area (Å²) in [7, 11) is 0. The van der Waals surface area contributed by atoms with E-state index in [2.05, 4.69) is 15.3 Å². The summed E-state index contributed by atoms with van der Waals surface area (Å²) >= 11 is 1.52. The monoisotopic (exact) mass is 456 g/mol. The van der Waals surface area contributed by atoms with E-state index in [-0.39, 0.29) is 18.1 Å². The molecule has 0 fully saturated rings. The zero-order chi connectivity index (χ0) is 22.2. The standard InChI is InChI=1S/C23H19F3N4OS/c24-17-7-14(8-18(25)21(17)26)10-28-15-1-2-16-19(9-15)32-22-20(16)23(31)30(12-29-22)11-13-3-5-27-6-4-13/h3-8,12,15,28H,1-2,9-11H2/t15-/m1/s1. The van der Waals surface area contributed by atoms with Crippen LogP contribution in [0.3, 0.4) is 0 Å². The molecule has 0 spiro atoms. The normalized spacial score (nSPS) is 15.8. The van der Waals surface area contributed by atoms with Crippen molar-refractivity contribution in [3.63, 3.8) is 0 Å². The van der Waals surface area contributed by atoms with Gasteiger partial charge in [0, 0.05) is 29.9 Å². The van der Waals surface area contributed by atoms with Crippen LogP contribution < -0.4 is 10.9 Å². The molecule has 1 aromatic carbocycles. The van der Waals surface area contributed by atoms with E-state index in [9.17, 15) is 18.0 Å². The summed E-state index contributed by atoms with van der Waals surface area (Å²) in [6, 6.07) is 5.84. The minimum Gasteiger partial charge on any atom is -0.310 e. The maximum atomic E-state index is 13.4. The smallest absolute Gasteiger partial charge is 0.262 e. The first-order valence-corrected chi connectivity index (χ1v) is 11.1. The third-order valence-corrected chi connectivity index (χ3v) is 6.94. The molecule has 164 valence electrons. The van der Waals surface area contributed by atoms with Crippen molar-refractivity contribution in [1.29, 1.82) is 0 Å². The van der Waals surface area contributed by atoms with Crippen molar-refractivity contribution >= 4 is 21.6 Å². The third kappa shape index (κ3) is 3.93. The van der Waals surface area contributed by atoms with E-state index >= 15 is 0 Å². The average Bonchev–Trinajstić information content (AvgIpc) is 3.17. The molecule has 1 atom stereocenters. The van der Waals surface area contributed by atoms with Gasteiger partial charge in [0.2, 0.25) is 0 Å². The molecule has 4 aromatic rings. The van der Waals surface area contributed by atoms with E-state index in [4.69, 9.17) is 0 Å². The van der Waals surface area contributed by atoms with Gasteiger partial charge in [-0.25, -0.2) is 18.2 Å². The Morgan fingerprint density at radius 1 is 1.12 bits per heavy atom. The Bertz CT molecular complexity index is 1330. The lowest BCUT2D eigenvalue weighted by molar-refractivity contribution is 0.437. The van der Waals surface area contributed by atoms with Crippen molar-refractivity contribution in [1.82, 2.24) is 19.9 Å². The highest BCUT2D eigenvalue weighted by Crippen LogP contribution is 2.33. The van der Waals surface area contributed by atoms with Gasteiger partial charge in [-0.1, -0.05) is 0 Å². The molecule has 0 radical (unpaired) electrons. The fraction of sp³-hybridized carbons (Fsp3) is 0.261. The lowest BCUT2D eigenvalue weighted by Crippen LogP contribution is -2.34. The van der Waals surface area contributed by atoms with Gasteiger partial charge in [-0.15, -0.1) is 11.3 Å². The molecule has 0 bridgehead atoms. The van der Waals surface area contributed by atoms with Gasteiger partial charge in [0.1, 0.15) is 4.83 Å². The Hall–Kier alpha value is -3.04. The van der Waals surface area contributed by atoms with Gasteiger partial charge in [0.15, 0.2) is 17.5 Å². The number of benzene rings is 1. The maximum absolute atomic E-state index is 13.4. The van der Waals surface area contributed by atoms with Crippen LogP contribution in [0.25, 0.3) is 10.2 Å². The fourth-order valence-electron chi connectivity index (χ4n) is 4.15. The van der Waals surface area contributed by atoms with E-state index in [1.807, 2.05) is 12.1 Å². The summed E-state index contributed by atoms with van der Waals surface area (Å²) < 4.78 is 41.7. The largest absolute Gasteiger partial charge is 0.310 e. The molecular weight excluding hydrogens is 437 g/mol. The van der Waals surface area contributed by atoms with E-state index in [0.29, 0.717) is 23.9 Å². The molecule has 9 heteroatoms. The van der Waals surface area contributed by atoms with Crippen molar-refractivity contribution in [3.8, 4) is 0 Å². The van der Waals surface area contributed by atoms with Crippen LogP contribution in [0.5, 0.6) is 0 Å². The number of hydrogen-bond acceptors (Lipinski definition) is 5. The van der Waals surface area contributed by atoms with Crippen LogP contribution in [-0.2, 0) is 25.9 Å². The van der Waals surface area contributed by atoms with Gasteiger partial charge in [0.05, 0.1) is 18.3 Å². The lowest BCUT2D eigenvalue weighted by Gasteiger charge is -2.23. The second-order valence-corrected chi connectivity index (χ2v) is 8.99. The number of rotatable bonds is 5. The van der Waals surface area contributed by atoms with Crippen molar-refractivity contribution in [2.45, 2.75) is 38.4 Å². The summed E-state index contributed by atoms with van der Waals surface area (Å²) in [6.45, 7) is 0.667. The highest BCUT2D eigenvalue weighted by molar-refractivity contribution is 7.18. The van der Waals surface area contributed by atoms with Crippen molar-refractivity contribution in [3.05, 3.63) is 92.4 Å². The molecule has 0 saturated carbocycles. The Balaban J connectivity index is 1.35. The highest BCUT2D eigenvalue weighted by atomic mass is 32.1. The molecule has 1 N–H and O–H groups in total. The molecule has 5 nitrogen and oxygen atoms in total. The van der Waals surface area contributed by atoms with Gasteiger partial charge in [0.25, 0.3) is 5.56 Å². The Kier molecular flexibility index (Phi) is 5.52. The minimum atomic E-state index is -1.46. The zero-order valence-corrected chi connectivity index (χ0v) is 17.8. The number of halogens is 3. The fourth-order valence-corrected chi connectivity index (χ4v) is 5.40. The Morgan fingerprint density at radius 2 is 1.88 bits per heavy atom. The topological polar surface area (TPSA) is 59.8 Å². The van der Waals surface area contributed by atoms with Crippen LogP contribution in [0.15, 0.2) is 47.8 Å². The summed E-state index contributed by atoms with van der Waals surface area (Å²) in [5.74, 6) is -3.83. The molecule has 32 heavy (non-hydrogen) atoms. The van der Waals surface area contributed by atoms with E-state index < -0.39 is 17.5 Å². The van der Waals surface area contributed by atoms with E-state index in [0.717, 1.165) is 45.8 Å². The second kappa shape index (κ2) is 8.48. The Morgan fingerprint density at radius 3 is 2.62 bits per heavy atom. The highest BCUT2D eigenvalue weighted by Gasteiger charge is 2.25. The number of pyridine rings is 1. The molecule has 0 amide bonds. The SMILES string of the molecule is O=c1c2c3c(sc2ncn1Cc1ccncc1)C[C@H](NCc1cc(F)c(F)c(F)c1)CC3. The van der Waals surface area contributed by atoms with Crippen LogP contribution in [0.4, 0.5) is 13.2 Å². The summed E-state index contributed by atoms with van der Waals surface area (Å²) in [5.41, 5.74) is 2.32. The van der Waals surface area contributed by atoms with Crippen molar-refractivity contribution < 1.29 is 13.2 Å². The number of nitrogens with one attached hydrogen (secondary N) is 1. The number of aryl methyl sites for hydroxylation is 1. The summed E-state index contributed by atoms with van der Waals surface area (Å²) in [4.78, 5) is 23.5. The van der Waals surface area contributed by atoms with Crippen LogP contribution in [0.1, 0.15) is 28.0 Å². The molecule has 5 rings (SSSR count). The number of nitrogens with zero attached hydrogens (tertiary/aromatic N) is 3. The van der Waals surface area contributed by atoms with Crippen molar-refractivity contribution in [2.75, 3.05) is 0 Å². The number of hydrogen-bond donors (Lipinski definition) is 1. The van der Waals surface area contributed by atoms with Crippen LogP contribution in [-0.4, -0.2) is 20.6 Å². The minimum absolute atomic E-state index is 0.0482. The lowest BCUT2D eigenvalue weighted by atomic mass is 9.93. The quantitative estimate of drug-likeness (QED) is 0.462. The molecule has 0 aliphatic heterocycles. The molecular formula is C23H19F3N4OS. The van der Waals surface area contributed by atoms with Crippen LogP contribution in [0.2, 0.25) is 0 Å². The molecule has 3 aromatic heterocycles. The summed E-state index contributed by atoms with van der Waals surface area (Å²) in [6.07, 6.45) is 7.17. The maximum Gasteiger partial charge on any atom is 0.262 e. The van der Waals surface area contributed by atoms with Gasteiger partial charge in [-0.05, 0) is 60.2 Å².